The molecule has 6 nitrogen and oxygen atoms in total. The smallest absolute Gasteiger partial charge is 0.307 e. The molecule has 0 spiro atoms. The number of carbonyl (C=O) groups excluding carboxylic acids is 1. The Morgan fingerprint density at radius 3 is 2.65 bits per heavy atom. The second-order valence-electron chi connectivity index (χ2n) is 5.03. The SMILES string of the molecule is O=C(O)C1CCC1C(=O)NCc1ccc2c(c1)OCO2. The van der Waals surface area contributed by atoms with Crippen LogP contribution in [0.2, 0.25) is 0 Å². The van der Waals surface area contributed by atoms with Crippen LogP contribution in [0.15, 0.2) is 18.2 Å². The number of hydrogen-bond acceptors (Lipinski definition) is 4. The Labute approximate surface area is 115 Å². The molecule has 1 aliphatic heterocycles. The summed E-state index contributed by atoms with van der Waals surface area (Å²) < 4.78 is 10.5. The van der Waals surface area contributed by atoms with Crippen molar-refractivity contribution < 1.29 is 24.2 Å². The van der Waals surface area contributed by atoms with E-state index in [9.17, 15) is 9.59 Å². The summed E-state index contributed by atoms with van der Waals surface area (Å²) in [5.41, 5.74) is 0.897. The Morgan fingerprint density at radius 2 is 1.95 bits per heavy atom. The van der Waals surface area contributed by atoms with Crippen molar-refractivity contribution in [2.75, 3.05) is 6.79 Å². The van der Waals surface area contributed by atoms with Gasteiger partial charge in [0.1, 0.15) is 0 Å². The fourth-order valence-electron chi connectivity index (χ4n) is 2.48. The molecule has 1 amide bonds. The van der Waals surface area contributed by atoms with Crippen molar-refractivity contribution in [2.45, 2.75) is 19.4 Å². The molecule has 2 N–H and O–H groups in total. The molecule has 1 aromatic carbocycles. The van der Waals surface area contributed by atoms with E-state index in [-0.39, 0.29) is 12.7 Å². The van der Waals surface area contributed by atoms with E-state index in [4.69, 9.17) is 14.6 Å². The number of rotatable bonds is 4. The van der Waals surface area contributed by atoms with Crippen molar-refractivity contribution in [1.82, 2.24) is 5.32 Å². The lowest BCUT2D eigenvalue weighted by atomic mass is 9.73. The van der Waals surface area contributed by atoms with Crippen LogP contribution in [0.3, 0.4) is 0 Å². The molecule has 20 heavy (non-hydrogen) atoms. The number of carbonyl (C=O) groups is 2. The van der Waals surface area contributed by atoms with Crippen LogP contribution in [0, 0.1) is 11.8 Å². The second kappa shape index (κ2) is 5.03. The average Bonchev–Trinajstić information content (AvgIpc) is 2.81. The maximum atomic E-state index is 11.9. The molecule has 0 radical (unpaired) electrons. The molecule has 2 atom stereocenters. The Hall–Kier alpha value is -2.24. The van der Waals surface area contributed by atoms with Gasteiger partial charge >= 0.3 is 5.97 Å². The number of carboxylic acids is 1. The molecule has 0 saturated heterocycles. The fraction of sp³-hybridized carbons (Fsp3) is 0.429. The van der Waals surface area contributed by atoms with E-state index < -0.39 is 17.8 Å². The maximum absolute atomic E-state index is 11.9. The van der Waals surface area contributed by atoms with Gasteiger partial charge in [0.25, 0.3) is 0 Å². The highest BCUT2D eigenvalue weighted by molar-refractivity contribution is 5.86. The third-order valence-corrected chi connectivity index (χ3v) is 3.83. The number of aliphatic carboxylic acids is 1. The first-order chi connectivity index (χ1) is 9.65. The summed E-state index contributed by atoms with van der Waals surface area (Å²) in [6.45, 7) is 0.575. The number of hydrogen-bond donors (Lipinski definition) is 2. The van der Waals surface area contributed by atoms with E-state index in [1.165, 1.54) is 0 Å². The van der Waals surface area contributed by atoms with Gasteiger partial charge < -0.3 is 19.9 Å². The standard InChI is InChI=1S/C14H15NO5/c16-13(9-2-3-10(9)14(17)18)15-6-8-1-4-11-12(5-8)20-7-19-11/h1,4-5,9-10H,2-3,6-7H2,(H,15,16)(H,17,18). The van der Waals surface area contributed by atoms with Crippen LogP contribution in [0.5, 0.6) is 11.5 Å². The van der Waals surface area contributed by atoms with Crippen molar-refractivity contribution in [3.05, 3.63) is 23.8 Å². The molecule has 1 aromatic rings. The number of carboxylic acid groups (broad SMARTS) is 1. The van der Waals surface area contributed by atoms with Gasteiger partial charge in [-0.15, -0.1) is 0 Å². The predicted molar refractivity (Wildman–Crippen MR) is 68.3 cm³/mol. The number of fused-ring (bicyclic) bond motifs is 1. The summed E-state index contributed by atoms with van der Waals surface area (Å²) in [6.07, 6.45) is 1.22. The number of benzene rings is 1. The van der Waals surface area contributed by atoms with Gasteiger partial charge in [-0.25, -0.2) is 0 Å². The van der Waals surface area contributed by atoms with E-state index in [0.29, 0.717) is 30.9 Å². The maximum Gasteiger partial charge on any atom is 0.307 e. The molecular formula is C14H15NO5. The zero-order valence-electron chi connectivity index (χ0n) is 10.8. The molecule has 106 valence electrons. The van der Waals surface area contributed by atoms with Crippen LogP contribution < -0.4 is 14.8 Å². The molecule has 6 heteroatoms. The second-order valence-corrected chi connectivity index (χ2v) is 5.03. The Balaban J connectivity index is 1.57. The number of nitrogens with one attached hydrogen (secondary N) is 1. The monoisotopic (exact) mass is 277 g/mol. The highest BCUT2D eigenvalue weighted by Crippen LogP contribution is 2.35. The molecule has 3 rings (SSSR count). The first-order valence-corrected chi connectivity index (χ1v) is 6.54. The lowest BCUT2D eigenvalue weighted by molar-refractivity contribution is -0.152. The molecular weight excluding hydrogens is 262 g/mol. The minimum atomic E-state index is -0.889. The zero-order chi connectivity index (χ0) is 14.1. The number of ether oxygens (including phenoxy) is 2. The van der Waals surface area contributed by atoms with Gasteiger partial charge in [-0.2, -0.15) is 0 Å². The van der Waals surface area contributed by atoms with E-state index in [0.717, 1.165) is 5.56 Å². The summed E-state index contributed by atoms with van der Waals surface area (Å²) in [7, 11) is 0. The Bertz CT molecular complexity index is 556. The van der Waals surface area contributed by atoms with Crippen molar-refractivity contribution in [3.63, 3.8) is 0 Å². The van der Waals surface area contributed by atoms with Gasteiger partial charge in [-0.3, -0.25) is 9.59 Å². The summed E-state index contributed by atoms with van der Waals surface area (Å²) in [4.78, 5) is 22.8. The van der Waals surface area contributed by atoms with Crippen LogP contribution in [0.25, 0.3) is 0 Å². The van der Waals surface area contributed by atoms with Crippen LogP contribution in [-0.2, 0) is 16.1 Å². The highest BCUT2D eigenvalue weighted by atomic mass is 16.7. The third kappa shape index (κ3) is 2.29. The quantitative estimate of drug-likeness (QED) is 0.862. The average molecular weight is 277 g/mol. The van der Waals surface area contributed by atoms with Gasteiger partial charge in [0.2, 0.25) is 12.7 Å². The summed E-state index contributed by atoms with van der Waals surface area (Å²) in [6, 6.07) is 5.47. The van der Waals surface area contributed by atoms with E-state index in [1.54, 1.807) is 6.07 Å². The molecule has 1 fully saturated rings. The Kier molecular flexibility index (Phi) is 3.22. The summed E-state index contributed by atoms with van der Waals surface area (Å²) >= 11 is 0. The molecule has 2 aliphatic rings. The molecule has 0 bridgehead atoms. The van der Waals surface area contributed by atoms with Gasteiger partial charge in [0.15, 0.2) is 11.5 Å². The number of amides is 1. The minimum Gasteiger partial charge on any atom is -0.481 e. The molecule has 1 saturated carbocycles. The first kappa shape index (κ1) is 12.8. The highest BCUT2D eigenvalue weighted by Gasteiger charge is 2.41. The minimum absolute atomic E-state index is 0.193. The van der Waals surface area contributed by atoms with E-state index >= 15 is 0 Å². The fourth-order valence-corrected chi connectivity index (χ4v) is 2.48. The third-order valence-electron chi connectivity index (χ3n) is 3.83. The normalized spacial score (nSPS) is 23.0. The van der Waals surface area contributed by atoms with Crippen molar-refractivity contribution in [3.8, 4) is 11.5 Å². The first-order valence-electron chi connectivity index (χ1n) is 6.54. The largest absolute Gasteiger partial charge is 0.481 e. The summed E-state index contributed by atoms with van der Waals surface area (Å²) in [5.74, 6) is -0.650. The van der Waals surface area contributed by atoms with Crippen LogP contribution in [0.1, 0.15) is 18.4 Å². The molecule has 1 aliphatic carbocycles. The molecule has 0 aromatic heterocycles. The summed E-state index contributed by atoms with van der Waals surface area (Å²) in [5, 5.41) is 11.7. The topological polar surface area (TPSA) is 84.9 Å². The molecule has 2 unspecified atom stereocenters. The van der Waals surface area contributed by atoms with Crippen molar-refractivity contribution >= 4 is 11.9 Å². The van der Waals surface area contributed by atoms with E-state index in [1.807, 2.05) is 12.1 Å². The van der Waals surface area contributed by atoms with E-state index in [2.05, 4.69) is 5.32 Å². The van der Waals surface area contributed by atoms with Crippen LogP contribution in [0.4, 0.5) is 0 Å². The van der Waals surface area contributed by atoms with Gasteiger partial charge in [0.05, 0.1) is 11.8 Å². The van der Waals surface area contributed by atoms with Crippen molar-refractivity contribution in [1.29, 1.82) is 0 Å². The van der Waals surface area contributed by atoms with Gasteiger partial charge in [0, 0.05) is 6.54 Å². The van der Waals surface area contributed by atoms with Gasteiger partial charge in [-0.1, -0.05) is 6.07 Å². The zero-order valence-corrected chi connectivity index (χ0v) is 10.8. The van der Waals surface area contributed by atoms with Crippen molar-refractivity contribution in [2.24, 2.45) is 11.8 Å². The Morgan fingerprint density at radius 1 is 1.20 bits per heavy atom. The molecule has 1 heterocycles. The predicted octanol–water partition coefficient (Wildman–Crippen LogP) is 1.14. The van der Waals surface area contributed by atoms with Crippen LogP contribution >= 0.6 is 0 Å². The lowest BCUT2D eigenvalue weighted by Crippen LogP contribution is -2.43. The lowest BCUT2D eigenvalue weighted by Gasteiger charge is -2.31. The van der Waals surface area contributed by atoms with Crippen LogP contribution in [-0.4, -0.2) is 23.8 Å². The van der Waals surface area contributed by atoms with Gasteiger partial charge in [-0.05, 0) is 30.5 Å².